The average Bonchev–Trinajstić information content (AvgIpc) is 3.45. The predicted molar refractivity (Wildman–Crippen MR) is 118 cm³/mol. The van der Waals surface area contributed by atoms with Crippen LogP contribution in [0.3, 0.4) is 0 Å². The normalized spacial score (nSPS) is 10.9. The predicted octanol–water partition coefficient (Wildman–Crippen LogP) is 2.26. The maximum absolute atomic E-state index is 6.00. The molecule has 4 aromatic rings. The van der Waals surface area contributed by atoms with Gasteiger partial charge in [0.1, 0.15) is 0 Å². The van der Waals surface area contributed by atoms with Crippen LogP contribution in [0.1, 0.15) is 12.5 Å². The van der Waals surface area contributed by atoms with Gasteiger partial charge in [0, 0.05) is 25.9 Å². The molecule has 0 amide bonds. The summed E-state index contributed by atoms with van der Waals surface area (Å²) < 4.78 is 15.0. The number of tetrazole rings is 2. The lowest BCUT2D eigenvalue weighted by Gasteiger charge is -2.13. The minimum Gasteiger partial charge on any atom is -0.490 e. The second-order valence-corrected chi connectivity index (χ2v) is 7.70. The third-order valence-corrected chi connectivity index (χ3v) is 5.38. The molecule has 0 spiro atoms. The molecule has 0 saturated heterocycles. The van der Waals surface area contributed by atoms with Gasteiger partial charge in [-0.15, -0.1) is 5.10 Å². The molecule has 166 valence electrons. The zero-order valence-electron chi connectivity index (χ0n) is 17.7. The first-order valence-electron chi connectivity index (χ1n) is 10.1. The van der Waals surface area contributed by atoms with E-state index >= 15 is 0 Å². The Morgan fingerprint density at radius 2 is 1.84 bits per heavy atom. The van der Waals surface area contributed by atoms with Crippen molar-refractivity contribution in [3.63, 3.8) is 0 Å². The van der Waals surface area contributed by atoms with Gasteiger partial charge in [0.15, 0.2) is 11.5 Å². The number of nitrogens with one attached hydrogen (secondary N) is 1. The summed E-state index contributed by atoms with van der Waals surface area (Å²) >= 11 is 1.60. The summed E-state index contributed by atoms with van der Waals surface area (Å²) in [5.41, 5.74) is 1.88. The molecule has 2 aromatic carbocycles. The second kappa shape index (κ2) is 10.7. The maximum atomic E-state index is 6.00. The molecule has 2 aromatic heterocycles. The molecule has 0 aliphatic rings. The highest BCUT2D eigenvalue weighted by atomic mass is 32.2. The lowest BCUT2D eigenvalue weighted by Crippen LogP contribution is -2.17. The van der Waals surface area contributed by atoms with E-state index in [2.05, 4.69) is 36.4 Å². The Kier molecular flexibility index (Phi) is 7.25. The van der Waals surface area contributed by atoms with Gasteiger partial charge in [-0.1, -0.05) is 41.1 Å². The Bertz CT molecular complexity index is 1130. The number of thioether (sulfide) groups is 1. The van der Waals surface area contributed by atoms with E-state index in [0.29, 0.717) is 24.7 Å². The third kappa shape index (κ3) is 5.39. The monoisotopic (exact) mass is 453 g/mol. The first-order chi connectivity index (χ1) is 15.7. The van der Waals surface area contributed by atoms with Gasteiger partial charge < -0.3 is 14.8 Å². The van der Waals surface area contributed by atoms with Gasteiger partial charge >= 0.3 is 6.01 Å². The van der Waals surface area contributed by atoms with Gasteiger partial charge in [0.25, 0.3) is 0 Å². The molecule has 2 heterocycles. The molecule has 32 heavy (non-hydrogen) atoms. The number of rotatable bonds is 11. The summed E-state index contributed by atoms with van der Waals surface area (Å²) in [5.74, 6) is 2.04. The molecule has 0 unspecified atom stereocenters. The quantitative estimate of drug-likeness (QED) is 0.268. The Labute approximate surface area is 189 Å². The second-order valence-electron chi connectivity index (χ2n) is 6.64. The average molecular weight is 454 g/mol. The fourth-order valence-electron chi connectivity index (χ4n) is 2.88. The molecule has 12 heteroatoms. The molecular formula is C20H23N9O2S. The summed E-state index contributed by atoms with van der Waals surface area (Å²) in [7, 11) is 1.83. The Hall–Kier alpha value is -3.51. The minimum absolute atomic E-state index is 0.262. The Balaban J connectivity index is 1.38. The number of aromatic nitrogens is 8. The molecule has 0 atom stereocenters. The van der Waals surface area contributed by atoms with Crippen molar-refractivity contribution in [2.45, 2.75) is 18.6 Å². The van der Waals surface area contributed by atoms with Crippen molar-refractivity contribution >= 4 is 11.8 Å². The van der Waals surface area contributed by atoms with E-state index in [1.807, 2.05) is 62.5 Å². The number of hydrogen-bond donors (Lipinski definition) is 1. The molecular weight excluding hydrogens is 430 g/mol. The van der Waals surface area contributed by atoms with Crippen LogP contribution in [-0.4, -0.2) is 59.3 Å². The summed E-state index contributed by atoms with van der Waals surface area (Å²) in [6.45, 7) is 3.95. The highest BCUT2D eigenvalue weighted by Gasteiger charge is 2.14. The first-order valence-corrected chi connectivity index (χ1v) is 11.1. The molecule has 0 bridgehead atoms. The highest BCUT2D eigenvalue weighted by molar-refractivity contribution is 7.99. The molecule has 11 nitrogen and oxygen atoms in total. The number of ether oxygens (including phenoxy) is 2. The standard InChI is InChI=1S/C20H23N9O2S/c1-3-30-18-13-15(14-21-11-12-32-20-23-25-26-28(20)2)9-10-17(18)31-19-22-24-27-29(19)16-7-5-4-6-8-16/h4-10,13,21H,3,11-12,14H2,1-2H3. The van der Waals surface area contributed by atoms with Crippen LogP contribution in [0.25, 0.3) is 5.69 Å². The van der Waals surface area contributed by atoms with Gasteiger partial charge in [-0.05, 0) is 57.6 Å². The smallest absolute Gasteiger partial charge is 0.346 e. The van der Waals surface area contributed by atoms with Crippen molar-refractivity contribution in [1.29, 1.82) is 0 Å². The topological polar surface area (TPSA) is 118 Å². The van der Waals surface area contributed by atoms with Crippen LogP contribution in [0, 0.1) is 0 Å². The third-order valence-electron chi connectivity index (χ3n) is 4.37. The number of nitrogens with zero attached hydrogens (tertiary/aromatic N) is 8. The summed E-state index contributed by atoms with van der Waals surface area (Å²) in [5, 5.41) is 27.4. The van der Waals surface area contributed by atoms with Crippen LogP contribution >= 0.6 is 11.8 Å². The van der Waals surface area contributed by atoms with Crippen molar-refractivity contribution in [3.05, 3.63) is 54.1 Å². The van der Waals surface area contributed by atoms with Crippen molar-refractivity contribution in [1.82, 2.24) is 45.7 Å². The van der Waals surface area contributed by atoms with E-state index in [4.69, 9.17) is 9.47 Å². The molecule has 1 N–H and O–H groups in total. The fraction of sp³-hybridized carbons (Fsp3) is 0.300. The maximum Gasteiger partial charge on any atom is 0.346 e. The Morgan fingerprint density at radius 3 is 2.62 bits per heavy atom. The number of hydrogen-bond acceptors (Lipinski definition) is 10. The molecule has 0 aliphatic heterocycles. The molecule has 0 saturated carbocycles. The van der Waals surface area contributed by atoms with Crippen LogP contribution in [0.2, 0.25) is 0 Å². The molecule has 0 fully saturated rings. The fourth-order valence-corrected chi connectivity index (χ4v) is 3.62. The molecule has 4 rings (SSSR count). The van der Waals surface area contributed by atoms with E-state index in [-0.39, 0.29) is 6.01 Å². The number of aryl methyl sites for hydroxylation is 1. The van der Waals surface area contributed by atoms with Gasteiger partial charge in [0.2, 0.25) is 5.16 Å². The highest BCUT2D eigenvalue weighted by Crippen LogP contribution is 2.32. The lowest BCUT2D eigenvalue weighted by molar-refractivity contribution is 0.315. The number of benzene rings is 2. The van der Waals surface area contributed by atoms with E-state index in [1.165, 1.54) is 4.68 Å². The summed E-state index contributed by atoms with van der Waals surface area (Å²) in [6.07, 6.45) is 0. The Morgan fingerprint density at radius 1 is 1.00 bits per heavy atom. The van der Waals surface area contributed by atoms with Gasteiger partial charge in [0.05, 0.1) is 12.3 Å². The van der Waals surface area contributed by atoms with E-state index in [0.717, 1.165) is 28.7 Å². The number of para-hydroxylation sites is 1. The zero-order valence-corrected chi connectivity index (χ0v) is 18.6. The van der Waals surface area contributed by atoms with Crippen molar-refractivity contribution in [2.75, 3.05) is 18.9 Å². The van der Waals surface area contributed by atoms with Gasteiger partial charge in [-0.25, -0.2) is 4.68 Å². The van der Waals surface area contributed by atoms with E-state index < -0.39 is 0 Å². The SMILES string of the molecule is CCOc1cc(CNCCSc2nnnn2C)ccc1Oc1nnnn1-c1ccccc1. The summed E-state index contributed by atoms with van der Waals surface area (Å²) in [4.78, 5) is 0. The first kappa shape index (κ1) is 21.7. The lowest BCUT2D eigenvalue weighted by atomic mass is 10.2. The van der Waals surface area contributed by atoms with Crippen LogP contribution in [0.15, 0.2) is 53.7 Å². The van der Waals surface area contributed by atoms with Gasteiger partial charge in [-0.3, -0.25) is 0 Å². The molecule has 0 radical (unpaired) electrons. The van der Waals surface area contributed by atoms with Crippen molar-refractivity contribution < 1.29 is 9.47 Å². The largest absolute Gasteiger partial charge is 0.490 e. The molecule has 0 aliphatic carbocycles. The van der Waals surface area contributed by atoms with Crippen molar-refractivity contribution in [2.24, 2.45) is 7.05 Å². The van der Waals surface area contributed by atoms with Crippen LogP contribution < -0.4 is 14.8 Å². The summed E-state index contributed by atoms with van der Waals surface area (Å²) in [6, 6.07) is 15.6. The minimum atomic E-state index is 0.262. The van der Waals surface area contributed by atoms with Crippen LogP contribution in [0.5, 0.6) is 17.5 Å². The van der Waals surface area contributed by atoms with Crippen LogP contribution in [0.4, 0.5) is 0 Å². The van der Waals surface area contributed by atoms with E-state index in [1.54, 1.807) is 16.4 Å². The van der Waals surface area contributed by atoms with E-state index in [9.17, 15) is 0 Å². The zero-order chi connectivity index (χ0) is 22.2. The van der Waals surface area contributed by atoms with Gasteiger partial charge in [-0.2, -0.15) is 4.68 Å². The van der Waals surface area contributed by atoms with Crippen molar-refractivity contribution in [3.8, 4) is 23.2 Å². The van der Waals surface area contributed by atoms with Crippen LogP contribution in [-0.2, 0) is 13.6 Å².